The minimum Gasteiger partial charge on any atom is -0.392 e. The van der Waals surface area contributed by atoms with E-state index >= 15 is 0 Å². The normalized spacial score (nSPS) is 28.1. The lowest BCUT2D eigenvalue weighted by molar-refractivity contribution is -0.128. The Bertz CT molecular complexity index is 601. The Morgan fingerprint density at radius 2 is 2.07 bits per heavy atom. The topological polar surface area (TPSA) is 64.0 Å². The zero-order valence-electron chi connectivity index (χ0n) is 19.8. The summed E-state index contributed by atoms with van der Waals surface area (Å²) in [6.45, 7) is 6.06. The molecule has 2 aliphatic rings. The van der Waals surface area contributed by atoms with Crippen LogP contribution in [0.15, 0.2) is 23.8 Å². The van der Waals surface area contributed by atoms with Crippen molar-refractivity contribution in [2.24, 2.45) is 23.7 Å². The van der Waals surface area contributed by atoms with Gasteiger partial charge in [0.15, 0.2) is 0 Å². The number of carbonyl (C=O) groups excluding carboxylic acids is 1. The molecule has 0 heterocycles. The summed E-state index contributed by atoms with van der Waals surface area (Å²) in [5.41, 5.74) is 1.42. The summed E-state index contributed by atoms with van der Waals surface area (Å²) in [7, 11) is 5.66. The van der Waals surface area contributed by atoms with E-state index in [0.29, 0.717) is 24.2 Å². The fraction of sp³-hybridized carbons (Fsp3) is 0.800. The zero-order valence-corrected chi connectivity index (χ0v) is 19.8. The van der Waals surface area contributed by atoms with Crippen molar-refractivity contribution < 1.29 is 15.0 Å². The Hall–Kier alpha value is -1.17. The van der Waals surface area contributed by atoms with Gasteiger partial charge in [0.25, 0.3) is 0 Å². The number of allylic oxidation sites excluding steroid dienone is 1. The molecule has 0 saturated heterocycles. The third kappa shape index (κ3) is 7.51. The van der Waals surface area contributed by atoms with Crippen molar-refractivity contribution in [2.75, 3.05) is 34.2 Å². The Kier molecular flexibility index (Phi) is 10.1. The van der Waals surface area contributed by atoms with Gasteiger partial charge in [0, 0.05) is 39.5 Å². The van der Waals surface area contributed by atoms with Crippen molar-refractivity contribution in [3.63, 3.8) is 0 Å². The Balaban J connectivity index is 1.82. The van der Waals surface area contributed by atoms with Crippen LogP contribution in [-0.4, -0.2) is 72.4 Å². The molecule has 172 valence electrons. The van der Waals surface area contributed by atoms with Gasteiger partial charge in [-0.15, -0.1) is 0 Å². The third-order valence-electron chi connectivity index (χ3n) is 6.88. The summed E-state index contributed by atoms with van der Waals surface area (Å²) in [6, 6.07) is 0. The molecule has 30 heavy (non-hydrogen) atoms. The second-order valence-electron chi connectivity index (χ2n) is 9.95. The van der Waals surface area contributed by atoms with E-state index < -0.39 is 6.10 Å². The van der Waals surface area contributed by atoms with E-state index in [1.54, 1.807) is 19.0 Å². The maximum atomic E-state index is 11.8. The van der Waals surface area contributed by atoms with Gasteiger partial charge in [0.1, 0.15) is 0 Å². The van der Waals surface area contributed by atoms with E-state index in [2.05, 4.69) is 37.9 Å². The van der Waals surface area contributed by atoms with Crippen molar-refractivity contribution in [3.05, 3.63) is 23.8 Å². The summed E-state index contributed by atoms with van der Waals surface area (Å²) >= 11 is 0. The number of likely N-dealkylation sites (N-methyl/N-ethyl adjacent to an activating group) is 1. The predicted molar refractivity (Wildman–Crippen MR) is 123 cm³/mol. The van der Waals surface area contributed by atoms with Crippen LogP contribution in [0.5, 0.6) is 0 Å². The highest BCUT2D eigenvalue weighted by molar-refractivity contribution is 5.75. The average Bonchev–Trinajstić information content (AvgIpc) is 3.18. The van der Waals surface area contributed by atoms with Gasteiger partial charge in [-0.2, -0.15) is 0 Å². The van der Waals surface area contributed by atoms with E-state index in [1.165, 1.54) is 24.8 Å². The highest BCUT2D eigenvalue weighted by Gasteiger charge is 2.43. The number of fused-ring (bicyclic) bond motifs is 1. The second kappa shape index (κ2) is 12.0. The molecule has 5 nitrogen and oxygen atoms in total. The van der Waals surface area contributed by atoms with Gasteiger partial charge in [-0.1, -0.05) is 56.9 Å². The van der Waals surface area contributed by atoms with Gasteiger partial charge in [-0.25, -0.2) is 0 Å². The second-order valence-corrected chi connectivity index (χ2v) is 9.95. The number of unbranched alkanes of at least 4 members (excludes halogenated alkanes) is 1. The van der Waals surface area contributed by atoms with Crippen LogP contribution in [0.3, 0.4) is 0 Å². The Morgan fingerprint density at radius 3 is 2.73 bits per heavy atom. The molecule has 0 aromatic heterocycles. The molecule has 0 aromatic carbocycles. The standard InChI is InChI=1S/C25H44N2O3/c1-6-7-8-18(2)13-21(28)9-10-22-23-15-19(14-20(23)16-24(22)29)17-27(5)12-11-25(30)26(3)4/h9-10,14,18,20-24,28-29H,6-8,11-13,15-17H2,1-5H3/t18-,20-,21+,22+,23-,24+/m0/s1. The fourth-order valence-electron chi connectivity index (χ4n) is 5.08. The van der Waals surface area contributed by atoms with Gasteiger partial charge in [0.05, 0.1) is 12.2 Å². The molecule has 0 aromatic rings. The van der Waals surface area contributed by atoms with Gasteiger partial charge >= 0.3 is 0 Å². The summed E-state index contributed by atoms with van der Waals surface area (Å²) in [6.07, 6.45) is 12.4. The zero-order chi connectivity index (χ0) is 22.3. The molecule has 2 N–H and O–H groups in total. The fourth-order valence-corrected chi connectivity index (χ4v) is 5.08. The van der Waals surface area contributed by atoms with Gasteiger partial charge < -0.3 is 20.0 Å². The Labute approximate surface area is 183 Å². The summed E-state index contributed by atoms with van der Waals surface area (Å²) in [5.74, 6) is 1.69. The van der Waals surface area contributed by atoms with Crippen LogP contribution in [-0.2, 0) is 4.79 Å². The predicted octanol–water partition coefficient (Wildman–Crippen LogP) is 3.47. The number of nitrogens with zero attached hydrogens (tertiary/aromatic N) is 2. The minimum atomic E-state index is -0.419. The summed E-state index contributed by atoms with van der Waals surface area (Å²) in [5, 5.41) is 21.0. The van der Waals surface area contributed by atoms with Gasteiger partial charge in [-0.05, 0) is 44.1 Å². The number of aliphatic hydroxyl groups is 2. The number of amides is 1. The molecule has 0 bridgehead atoms. The lowest BCUT2D eigenvalue weighted by atomic mass is 9.88. The number of hydrogen-bond donors (Lipinski definition) is 2. The average molecular weight is 421 g/mol. The number of carbonyl (C=O) groups is 1. The van der Waals surface area contributed by atoms with Crippen molar-refractivity contribution in [3.8, 4) is 0 Å². The molecular weight excluding hydrogens is 376 g/mol. The third-order valence-corrected chi connectivity index (χ3v) is 6.88. The molecule has 2 aliphatic carbocycles. The molecule has 6 atom stereocenters. The molecular formula is C25H44N2O3. The number of rotatable bonds is 12. The maximum Gasteiger partial charge on any atom is 0.223 e. The molecule has 1 saturated carbocycles. The van der Waals surface area contributed by atoms with Crippen LogP contribution in [0.1, 0.15) is 58.8 Å². The molecule has 0 aliphatic heterocycles. The van der Waals surface area contributed by atoms with Crippen LogP contribution in [0.2, 0.25) is 0 Å². The van der Waals surface area contributed by atoms with Crippen molar-refractivity contribution in [2.45, 2.75) is 71.0 Å². The summed E-state index contributed by atoms with van der Waals surface area (Å²) < 4.78 is 0. The molecule has 2 rings (SSSR count). The van der Waals surface area contributed by atoms with E-state index in [4.69, 9.17) is 0 Å². The van der Waals surface area contributed by atoms with Crippen LogP contribution < -0.4 is 0 Å². The first kappa shape index (κ1) is 25.1. The lowest BCUT2D eigenvalue weighted by Crippen LogP contribution is -2.29. The van der Waals surface area contributed by atoms with Crippen molar-refractivity contribution in [1.82, 2.24) is 9.80 Å². The monoisotopic (exact) mass is 420 g/mol. The van der Waals surface area contributed by atoms with Gasteiger partial charge in [-0.3, -0.25) is 4.79 Å². The first-order valence-electron chi connectivity index (χ1n) is 11.8. The highest BCUT2D eigenvalue weighted by atomic mass is 16.3. The quantitative estimate of drug-likeness (QED) is 0.475. The van der Waals surface area contributed by atoms with Crippen LogP contribution in [0, 0.1) is 23.7 Å². The molecule has 0 radical (unpaired) electrons. The van der Waals surface area contributed by atoms with Crippen LogP contribution in [0.4, 0.5) is 0 Å². The largest absolute Gasteiger partial charge is 0.392 e. The van der Waals surface area contributed by atoms with Crippen LogP contribution in [0.25, 0.3) is 0 Å². The van der Waals surface area contributed by atoms with Crippen molar-refractivity contribution >= 4 is 5.91 Å². The van der Waals surface area contributed by atoms with Gasteiger partial charge in [0.2, 0.25) is 5.91 Å². The van der Waals surface area contributed by atoms with E-state index in [0.717, 1.165) is 32.4 Å². The number of hydrogen-bond acceptors (Lipinski definition) is 4. The highest BCUT2D eigenvalue weighted by Crippen LogP contribution is 2.47. The minimum absolute atomic E-state index is 0.130. The number of aliphatic hydroxyl groups excluding tert-OH is 2. The molecule has 1 amide bonds. The Morgan fingerprint density at radius 1 is 1.33 bits per heavy atom. The van der Waals surface area contributed by atoms with E-state index in [-0.39, 0.29) is 17.9 Å². The molecule has 5 heteroatoms. The smallest absolute Gasteiger partial charge is 0.223 e. The maximum absolute atomic E-state index is 11.8. The van der Waals surface area contributed by atoms with Crippen molar-refractivity contribution in [1.29, 1.82) is 0 Å². The first-order chi connectivity index (χ1) is 14.2. The van der Waals surface area contributed by atoms with Crippen LogP contribution >= 0.6 is 0 Å². The summed E-state index contributed by atoms with van der Waals surface area (Å²) in [4.78, 5) is 15.7. The van der Waals surface area contributed by atoms with E-state index in [9.17, 15) is 15.0 Å². The lowest BCUT2D eigenvalue weighted by Gasteiger charge is -2.21. The molecule has 0 spiro atoms. The first-order valence-corrected chi connectivity index (χ1v) is 11.8. The SMILES string of the molecule is CCCC[C@H](C)C[C@H](O)C=C[C@@H]1[C@H]2CC(CN(C)CCC(=O)N(C)C)=C[C@H]2C[C@H]1O. The van der Waals surface area contributed by atoms with E-state index in [1.807, 2.05) is 6.08 Å². The molecule has 0 unspecified atom stereocenters. The molecule has 1 fully saturated rings.